The Balaban J connectivity index is 1.73. The summed E-state index contributed by atoms with van der Waals surface area (Å²) < 4.78 is 0. The second-order valence-electron chi connectivity index (χ2n) is 6.57. The lowest BCUT2D eigenvalue weighted by molar-refractivity contribution is 0.0948. The molecule has 17 heavy (non-hydrogen) atoms. The molecule has 100 valence electrons. The molecule has 0 saturated carbocycles. The van der Waals surface area contributed by atoms with E-state index in [-0.39, 0.29) is 0 Å². The van der Waals surface area contributed by atoms with E-state index in [1.165, 1.54) is 71.2 Å². The normalized spacial score (nSPS) is 27.2. The molecule has 2 saturated heterocycles. The van der Waals surface area contributed by atoms with E-state index in [1.807, 2.05) is 0 Å². The van der Waals surface area contributed by atoms with Crippen LogP contribution in [0.5, 0.6) is 0 Å². The van der Waals surface area contributed by atoms with Crippen molar-refractivity contribution < 1.29 is 0 Å². The summed E-state index contributed by atoms with van der Waals surface area (Å²) >= 11 is 0. The van der Waals surface area contributed by atoms with Gasteiger partial charge in [-0.3, -0.25) is 0 Å². The number of nitrogens with one attached hydrogen (secondary N) is 1. The zero-order chi connectivity index (χ0) is 12.1. The predicted octanol–water partition coefficient (Wildman–Crippen LogP) is 2.89. The van der Waals surface area contributed by atoms with Gasteiger partial charge in [-0.2, -0.15) is 0 Å². The highest BCUT2D eigenvalue weighted by Gasteiger charge is 2.30. The van der Waals surface area contributed by atoms with Gasteiger partial charge < -0.3 is 10.2 Å². The highest BCUT2D eigenvalue weighted by molar-refractivity contribution is 4.85. The van der Waals surface area contributed by atoms with Crippen LogP contribution in [-0.2, 0) is 0 Å². The van der Waals surface area contributed by atoms with E-state index in [1.54, 1.807) is 0 Å². The first-order valence-corrected chi connectivity index (χ1v) is 7.65. The Morgan fingerprint density at radius 3 is 2.41 bits per heavy atom. The van der Waals surface area contributed by atoms with Crippen LogP contribution in [0.2, 0.25) is 0 Å². The molecule has 0 aromatic carbocycles. The molecule has 2 fully saturated rings. The Morgan fingerprint density at radius 2 is 1.82 bits per heavy atom. The molecule has 2 heteroatoms. The van der Waals surface area contributed by atoms with E-state index < -0.39 is 0 Å². The molecule has 0 amide bonds. The van der Waals surface area contributed by atoms with Crippen molar-refractivity contribution in [2.24, 2.45) is 11.3 Å². The van der Waals surface area contributed by atoms with Crippen molar-refractivity contribution in [3.63, 3.8) is 0 Å². The highest BCUT2D eigenvalue weighted by atomic mass is 15.1. The minimum Gasteiger partial charge on any atom is -0.317 e. The van der Waals surface area contributed by atoms with Crippen LogP contribution in [0.3, 0.4) is 0 Å². The van der Waals surface area contributed by atoms with Gasteiger partial charge in [-0.15, -0.1) is 0 Å². The van der Waals surface area contributed by atoms with Crippen molar-refractivity contribution in [1.82, 2.24) is 10.2 Å². The summed E-state index contributed by atoms with van der Waals surface area (Å²) in [5, 5.41) is 3.48. The number of piperidine rings is 2. The summed E-state index contributed by atoms with van der Waals surface area (Å²) in [6.07, 6.45) is 8.44. The van der Waals surface area contributed by atoms with Crippen molar-refractivity contribution in [3.05, 3.63) is 0 Å². The van der Waals surface area contributed by atoms with Crippen molar-refractivity contribution in [3.8, 4) is 0 Å². The van der Waals surface area contributed by atoms with E-state index in [9.17, 15) is 0 Å². The van der Waals surface area contributed by atoms with Crippen molar-refractivity contribution in [2.45, 2.75) is 52.4 Å². The quantitative estimate of drug-likeness (QED) is 0.810. The standard InChI is InChI=1S/C15H30N2/c1-3-4-14-5-11-17(12-6-14)13-15(2)7-9-16-10-8-15/h14,16H,3-13H2,1-2H3. The van der Waals surface area contributed by atoms with Gasteiger partial charge in [-0.05, 0) is 63.2 Å². The molecule has 2 rings (SSSR count). The lowest BCUT2D eigenvalue weighted by atomic mass is 9.80. The van der Waals surface area contributed by atoms with Gasteiger partial charge in [-0.25, -0.2) is 0 Å². The third-order valence-electron chi connectivity index (χ3n) is 4.82. The molecule has 0 bridgehead atoms. The van der Waals surface area contributed by atoms with E-state index in [2.05, 4.69) is 24.1 Å². The van der Waals surface area contributed by atoms with E-state index in [0.29, 0.717) is 5.41 Å². The molecule has 2 heterocycles. The Morgan fingerprint density at radius 1 is 1.18 bits per heavy atom. The third kappa shape index (κ3) is 3.96. The Hall–Kier alpha value is -0.0800. The lowest BCUT2D eigenvalue weighted by Gasteiger charge is -2.41. The number of hydrogen-bond donors (Lipinski definition) is 1. The van der Waals surface area contributed by atoms with Crippen LogP contribution in [0.1, 0.15) is 52.4 Å². The lowest BCUT2D eigenvalue weighted by Crippen LogP contribution is -2.45. The Labute approximate surface area is 107 Å². The SMILES string of the molecule is CCCC1CCN(CC2(C)CCNCC2)CC1. The Bertz CT molecular complexity index is 213. The van der Waals surface area contributed by atoms with Gasteiger partial charge in [0.15, 0.2) is 0 Å². The molecular weight excluding hydrogens is 208 g/mol. The topological polar surface area (TPSA) is 15.3 Å². The second-order valence-corrected chi connectivity index (χ2v) is 6.57. The van der Waals surface area contributed by atoms with Gasteiger partial charge in [0, 0.05) is 6.54 Å². The van der Waals surface area contributed by atoms with Crippen LogP contribution in [0.25, 0.3) is 0 Å². The molecular formula is C15H30N2. The number of rotatable bonds is 4. The van der Waals surface area contributed by atoms with Crippen LogP contribution in [0.15, 0.2) is 0 Å². The van der Waals surface area contributed by atoms with E-state index in [0.717, 1.165) is 5.92 Å². The predicted molar refractivity (Wildman–Crippen MR) is 74.3 cm³/mol. The fourth-order valence-corrected chi connectivity index (χ4v) is 3.57. The average molecular weight is 238 g/mol. The van der Waals surface area contributed by atoms with Gasteiger partial charge in [0.05, 0.1) is 0 Å². The summed E-state index contributed by atoms with van der Waals surface area (Å²) in [6, 6.07) is 0. The van der Waals surface area contributed by atoms with Gasteiger partial charge >= 0.3 is 0 Å². The molecule has 2 aliphatic heterocycles. The molecule has 0 spiro atoms. The summed E-state index contributed by atoms with van der Waals surface area (Å²) in [5.74, 6) is 1.03. The molecule has 2 aliphatic rings. The largest absolute Gasteiger partial charge is 0.317 e. The molecule has 0 radical (unpaired) electrons. The first kappa shape index (κ1) is 13.4. The summed E-state index contributed by atoms with van der Waals surface area (Å²) in [5.41, 5.74) is 0.586. The minimum atomic E-state index is 0.586. The Kier molecular flexibility index (Phi) is 4.87. The molecule has 0 atom stereocenters. The maximum atomic E-state index is 3.48. The summed E-state index contributed by atoms with van der Waals surface area (Å²) in [4.78, 5) is 2.73. The van der Waals surface area contributed by atoms with Crippen molar-refractivity contribution in [1.29, 1.82) is 0 Å². The minimum absolute atomic E-state index is 0.586. The number of hydrogen-bond acceptors (Lipinski definition) is 2. The average Bonchev–Trinajstić information content (AvgIpc) is 2.33. The zero-order valence-corrected chi connectivity index (χ0v) is 11.8. The summed E-state index contributed by atoms with van der Waals surface area (Å²) in [7, 11) is 0. The molecule has 1 N–H and O–H groups in total. The molecule has 0 aliphatic carbocycles. The van der Waals surface area contributed by atoms with Gasteiger partial charge in [0.25, 0.3) is 0 Å². The van der Waals surface area contributed by atoms with Gasteiger partial charge in [0.1, 0.15) is 0 Å². The molecule has 0 aromatic heterocycles. The van der Waals surface area contributed by atoms with Crippen LogP contribution in [-0.4, -0.2) is 37.6 Å². The number of nitrogens with zero attached hydrogens (tertiary/aromatic N) is 1. The van der Waals surface area contributed by atoms with E-state index in [4.69, 9.17) is 0 Å². The van der Waals surface area contributed by atoms with Gasteiger partial charge in [-0.1, -0.05) is 26.7 Å². The maximum Gasteiger partial charge on any atom is 0.00363 e. The van der Waals surface area contributed by atoms with Crippen LogP contribution < -0.4 is 5.32 Å². The van der Waals surface area contributed by atoms with Gasteiger partial charge in [0.2, 0.25) is 0 Å². The zero-order valence-electron chi connectivity index (χ0n) is 11.8. The fraction of sp³-hybridized carbons (Fsp3) is 1.00. The number of likely N-dealkylation sites (tertiary alicyclic amines) is 1. The molecule has 0 unspecified atom stereocenters. The monoisotopic (exact) mass is 238 g/mol. The third-order valence-corrected chi connectivity index (χ3v) is 4.82. The second kappa shape index (κ2) is 6.19. The van der Waals surface area contributed by atoms with Crippen molar-refractivity contribution in [2.75, 3.05) is 32.7 Å². The van der Waals surface area contributed by atoms with E-state index >= 15 is 0 Å². The highest BCUT2D eigenvalue weighted by Crippen LogP contribution is 2.31. The van der Waals surface area contributed by atoms with Crippen LogP contribution >= 0.6 is 0 Å². The van der Waals surface area contributed by atoms with Crippen molar-refractivity contribution >= 4 is 0 Å². The first-order valence-electron chi connectivity index (χ1n) is 7.65. The van der Waals surface area contributed by atoms with Crippen LogP contribution in [0.4, 0.5) is 0 Å². The fourth-order valence-electron chi connectivity index (χ4n) is 3.57. The molecule has 0 aromatic rings. The van der Waals surface area contributed by atoms with Crippen LogP contribution in [0, 0.1) is 11.3 Å². The molecule has 2 nitrogen and oxygen atoms in total. The smallest absolute Gasteiger partial charge is 0.00363 e. The summed E-state index contributed by atoms with van der Waals surface area (Å²) in [6.45, 7) is 11.3. The first-order chi connectivity index (χ1) is 8.22. The maximum absolute atomic E-state index is 3.48.